The first-order valence-electron chi connectivity index (χ1n) is 5.26. The summed E-state index contributed by atoms with van der Waals surface area (Å²) in [6, 6.07) is 8.47. The van der Waals surface area contributed by atoms with Crippen LogP contribution in [-0.2, 0) is 0 Å². The van der Waals surface area contributed by atoms with Gasteiger partial charge >= 0.3 is 0 Å². The Bertz CT molecular complexity index is 553. The van der Waals surface area contributed by atoms with Crippen LogP contribution in [0.15, 0.2) is 36.4 Å². The van der Waals surface area contributed by atoms with Gasteiger partial charge in [0.25, 0.3) is 0 Å². The molecule has 0 aliphatic rings. The number of hydrogen-bond donors (Lipinski definition) is 2. The summed E-state index contributed by atoms with van der Waals surface area (Å²) in [5.41, 5.74) is 6.25. The molecule has 5 heteroatoms. The van der Waals surface area contributed by atoms with Gasteiger partial charge in [-0.25, -0.2) is 8.78 Å². The lowest BCUT2D eigenvalue weighted by Gasteiger charge is -2.12. The predicted octanol–water partition coefficient (Wildman–Crippen LogP) is 3.30. The molecule has 0 atom stereocenters. The van der Waals surface area contributed by atoms with Crippen molar-refractivity contribution < 1.29 is 13.5 Å². The van der Waals surface area contributed by atoms with E-state index >= 15 is 0 Å². The number of para-hydroxylation sites is 1. The number of benzene rings is 2. The third-order valence-corrected chi connectivity index (χ3v) is 2.48. The molecule has 3 nitrogen and oxygen atoms in total. The Hall–Kier alpha value is -2.30. The number of ether oxygens (including phenoxy) is 1. The van der Waals surface area contributed by atoms with Crippen molar-refractivity contribution in [3.05, 3.63) is 48.0 Å². The number of nitrogens with one attached hydrogen (secondary N) is 1. The molecule has 0 fully saturated rings. The van der Waals surface area contributed by atoms with Gasteiger partial charge in [0.1, 0.15) is 23.1 Å². The number of nitrogen functional groups attached to an aromatic ring is 1. The van der Waals surface area contributed by atoms with Crippen molar-refractivity contribution in [2.45, 2.75) is 0 Å². The van der Waals surface area contributed by atoms with Gasteiger partial charge in [0.15, 0.2) is 0 Å². The molecule has 94 valence electrons. The van der Waals surface area contributed by atoms with Crippen LogP contribution in [0, 0.1) is 11.6 Å². The Morgan fingerprint density at radius 3 is 2.39 bits per heavy atom. The number of halogens is 2. The standard InChI is InChI=1S/C13H12F2N2O/c1-18-8-5-6-11(16)12(7-8)17-13-9(14)3-2-4-10(13)15/h2-7,17H,16H2,1H3. The Balaban J connectivity index is 2.39. The van der Waals surface area contributed by atoms with Crippen LogP contribution in [0.25, 0.3) is 0 Å². The lowest BCUT2D eigenvalue weighted by molar-refractivity contribution is 0.415. The minimum Gasteiger partial charge on any atom is -0.497 e. The third-order valence-electron chi connectivity index (χ3n) is 2.48. The van der Waals surface area contributed by atoms with Crippen LogP contribution in [0.5, 0.6) is 5.75 Å². The quantitative estimate of drug-likeness (QED) is 0.822. The number of anilines is 3. The van der Waals surface area contributed by atoms with E-state index in [1.807, 2.05) is 0 Å². The van der Waals surface area contributed by atoms with Gasteiger partial charge < -0.3 is 15.8 Å². The fourth-order valence-corrected chi connectivity index (χ4v) is 1.52. The molecule has 0 aliphatic carbocycles. The molecule has 3 N–H and O–H groups in total. The first-order chi connectivity index (χ1) is 8.61. The smallest absolute Gasteiger partial charge is 0.149 e. The Morgan fingerprint density at radius 1 is 1.11 bits per heavy atom. The number of nitrogens with two attached hydrogens (primary N) is 1. The van der Waals surface area contributed by atoms with Crippen molar-refractivity contribution in [2.75, 3.05) is 18.2 Å². The fraction of sp³-hybridized carbons (Fsp3) is 0.0769. The van der Waals surface area contributed by atoms with E-state index in [0.717, 1.165) is 0 Å². The van der Waals surface area contributed by atoms with E-state index < -0.39 is 11.6 Å². The Labute approximate surface area is 103 Å². The number of methoxy groups -OCH3 is 1. The first-order valence-corrected chi connectivity index (χ1v) is 5.26. The molecule has 0 saturated carbocycles. The van der Waals surface area contributed by atoms with Crippen LogP contribution in [0.2, 0.25) is 0 Å². The lowest BCUT2D eigenvalue weighted by atomic mass is 10.2. The summed E-state index contributed by atoms with van der Waals surface area (Å²) < 4.78 is 32.0. The zero-order valence-electron chi connectivity index (χ0n) is 9.71. The minimum atomic E-state index is -0.683. The number of rotatable bonds is 3. The fourth-order valence-electron chi connectivity index (χ4n) is 1.52. The second-order valence-electron chi connectivity index (χ2n) is 3.67. The summed E-state index contributed by atoms with van der Waals surface area (Å²) >= 11 is 0. The van der Waals surface area contributed by atoms with E-state index in [1.165, 1.54) is 25.3 Å². The highest BCUT2D eigenvalue weighted by atomic mass is 19.1. The zero-order chi connectivity index (χ0) is 13.1. The molecule has 0 spiro atoms. The van der Waals surface area contributed by atoms with Gasteiger partial charge in [0.05, 0.1) is 18.5 Å². The summed E-state index contributed by atoms with van der Waals surface area (Å²) in [7, 11) is 1.50. The lowest BCUT2D eigenvalue weighted by Crippen LogP contribution is -2.01. The molecular weight excluding hydrogens is 238 g/mol. The molecule has 0 aromatic heterocycles. The maximum absolute atomic E-state index is 13.5. The molecule has 0 radical (unpaired) electrons. The van der Waals surface area contributed by atoms with E-state index in [0.29, 0.717) is 17.1 Å². The van der Waals surface area contributed by atoms with E-state index in [4.69, 9.17) is 10.5 Å². The molecule has 0 saturated heterocycles. The molecule has 0 amide bonds. The van der Waals surface area contributed by atoms with Gasteiger partial charge in [-0.2, -0.15) is 0 Å². The average molecular weight is 250 g/mol. The molecule has 2 aromatic carbocycles. The summed E-state index contributed by atoms with van der Waals surface area (Å²) in [5.74, 6) is -0.821. The van der Waals surface area contributed by atoms with Crippen LogP contribution in [0.1, 0.15) is 0 Å². The highest BCUT2D eigenvalue weighted by Crippen LogP contribution is 2.29. The summed E-state index contributed by atoms with van der Waals surface area (Å²) in [6.07, 6.45) is 0. The van der Waals surface area contributed by atoms with Crippen LogP contribution < -0.4 is 15.8 Å². The number of hydrogen-bond acceptors (Lipinski definition) is 3. The van der Waals surface area contributed by atoms with Crippen LogP contribution in [0.4, 0.5) is 25.8 Å². The van der Waals surface area contributed by atoms with Gasteiger partial charge in [-0.15, -0.1) is 0 Å². The van der Waals surface area contributed by atoms with Crippen LogP contribution >= 0.6 is 0 Å². The molecule has 2 aromatic rings. The van der Waals surface area contributed by atoms with E-state index in [9.17, 15) is 8.78 Å². The topological polar surface area (TPSA) is 47.3 Å². The highest BCUT2D eigenvalue weighted by Gasteiger charge is 2.10. The molecule has 0 aliphatic heterocycles. The van der Waals surface area contributed by atoms with Crippen molar-refractivity contribution in [2.24, 2.45) is 0 Å². The van der Waals surface area contributed by atoms with Crippen molar-refractivity contribution in [3.63, 3.8) is 0 Å². The van der Waals surface area contributed by atoms with E-state index in [1.54, 1.807) is 18.2 Å². The van der Waals surface area contributed by atoms with Crippen molar-refractivity contribution in [1.29, 1.82) is 0 Å². The van der Waals surface area contributed by atoms with Gasteiger partial charge in [0.2, 0.25) is 0 Å². The SMILES string of the molecule is COc1ccc(N)c(Nc2c(F)cccc2F)c1. The molecule has 2 rings (SSSR count). The first kappa shape index (κ1) is 12.2. The Morgan fingerprint density at radius 2 is 1.78 bits per heavy atom. The minimum absolute atomic E-state index is 0.238. The summed E-state index contributed by atoms with van der Waals surface area (Å²) in [6.45, 7) is 0. The molecule has 0 unspecified atom stereocenters. The van der Waals surface area contributed by atoms with Crippen molar-refractivity contribution >= 4 is 17.1 Å². The second kappa shape index (κ2) is 4.91. The van der Waals surface area contributed by atoms with Gasteiger partial charge in [-0.3, -0.25) is 0 Å². The second-order valence-corrected chi connectivity index (χ2v) is 3.67. The van der Waals surface area contributed by atoms with Crippen LogP contribution in [-0.4, -0.2) is 7.11 Å². The maximum atomic E-state index is 13.5. The Kier molecular flexibility index (Phi) is 3.32. The van der Waals surface area contributed by atoms with Crippen LogP contribution in [0.3, 0.4) is 0 Å². The van der Waals surface area contributed by atoms with Crippen molar-refractivity contribution in [1.82, 2.24) is 0 Å². The third kappa shape index (κ3) is 2.34. The highest BCUT2D eigenvalue weighted by molar-refractivity contribution is 5.74. The predicted molar refractivity (Wildman–Crippen MR) is 67.0 cm³/mol. The van der Waals surface area contributed by atoms with Gasteiger partial charge in [0, 0.05) is 6.07 Å². The molecule has 0 bridgehead atoms. The zero-order valence-corrected chi connectivity index (χ0v) is 9.71. The summed E-state index contributed by atoms with van der Waals surface area (Å²) in [5, 5.41) is 2.63. The van der Waals surface area contributed by atoms with E-state index in [-0.39, 0.29) is 5.69 Å². The molecular formula is C13H12F2N2O. The van der Waals surface area contributed by atoms with Gasteiger partial charge in [-0.1, -0.05) is 6.07 Å². The monoisotopic (exact) mass is 250 g/mol. The van der Waals surface area contributed by atoms with Gasteiger partial charge in [-0.05, 0) is 24.3 Å². The van der Waals surface area contributed by atoms with Crippen molar-refractivity contribution in [3.8, 4) is 5.75 Å². The van der Waals surface area contributed by atoms with E-state index in [2.05, 4.69) is 5.32 Å². The summed E-state index contributed by atoms with van der Waals surface area (Å²) in [4.78, 5) is 0. The normalized spacial score (nSPS) is 10.2. The maximum Gasteiger partial charge on any atom is 0.149 e. The molecule has 0 heterocycles. The average Bonchev–Trinajstić information content (AvgIpc) is 2.36. The largest absolute Gasteiger partial charge is 0.497 e. The molecule has 18 heavy (non-hydrogen) atoms.